The van der Waals surface area contributed by atoms with Gasteiger partial charge in [-0.05, 0) is 33.1 Å². The molecule has 2 nitrogen and oxygen atoms in total. The Morgan fingerprint density at radius 1 is 0.577 bits per heavy atom. The molecule has 0 aromatic heterocycles. The van der Waals surface area contributed by atoms with Crippen LogP contribution < -0.4 is 0 Å². The number of benzene rings is 2. The summed E-state index contributed by atoms with van der Waals surface area (Å²) < 4.78 is 0. The molecule has 0 bridgehead atoms. The van der Waals surface area contributed by atoms with E-state index in [4.69, 9.17) is 0 Å². The Hall–Kier alpha value is -2.22. The highest BCUT2D eigenvalue weighted by molar-refractivity contribution is 5.80. The number of nitrogens with zero attached hydrogens (tertiary/aromatic N) is 2. The first-order chi connectivity index (χ1) is 12.2. The van der Waals surface area contributed by atoms with E-state index in [0.29, 0.717) is 13.1 Å². The normalized spacial score (nSPS) is 13.0. The molecule has 0 N–H and O–H groups in total. The molecule has 0 atom stereocenters. The molecule has 0 saturated heterocycles. The Bertz CT molecular complexity index is 669. The second-order valence-corrected chi connectivity index (χ2v) is 8.81. The van der Waals surface area contributed by atoms with Crippen molar-refractivity contribution in [2.24, 2.45) is 9.98 Å². The molecule has 0 aliphatic carbocycles. The topological polar surface area (TPSA) is 24.7 Å². The van der Waals surface area contributed by atoms with Gasteiger partial charge in [0.1, 0.15) is 0 Å². The molecule has 0 radical (unpaired) electrons. The van der Waals surface area contributed by atoms with Gasteiger partial charge in [0.25, 0.3) is 0 Å². The molecule has 2 aromatic carbocycles. The monoisotopic (exact) mass is 348 g/mol. The zero-order valence-electron chi connectivity index (χ0n) is 17.1. The molecule has 0 saturated carbocycles. The number of rotatable bonds is 5. The van der Waals surface area contributed by atoms with E-state index < -0.39 is 0 Å². The fourth-order valence-electron chi connectivity index (χ4n) is 2.59. The van der Waals surface area contributed by atoms with Crippen LogP contribution in [0.5, 0.6) is 0 Å². The largest absolute Gasteiger partial charge is 0.291 e. The molecule has 0 spiro atoms. The van der Waals surface area contributed by atoms with Crippen molar-refractivity contribution >= 4 is 12.4 Å². The van der Waals surface area contributed by atoms with Crippen molar-refractivity contribution in [2.75, 3.05) is 13.1 Å². The second kappa shape index (κ2) is 8.44. The SMILES string of the molecule is CC(C)(C)c1ccc(C=NCCN=Cc2ccc(C(C)(C)C)cc2)cc1. The number of hydrogen-bond acceptors (Lipinski definition) is 2. The standard InChI is InChI=1S/C24H32N2/c1-23(2,3)21-11-7-19(8-12-21)17-25-15-16-26-18-20-9-13-22(14-10-20)24(4,5)6/h7-14,17-18H,15-16H2,1-6H3. The Morgan fingerprint density at radius 2 is 0.885 bits per heavy atom. The summed E-state index contributed by atoms with van der Waals surface area (Å²) in [6.07, 6.45) is 3.86. The van der Waals surface area contributed by atoms with Gasteiger partial charge < -0.3 is 0 Å². The molecule has 2 rings (SSSR count). The maximum absolute atomic E-state index is 4.47. The molecular weight excluding hydrogens is 316 g/mol. The lowest BCUT2D eigenvalue weighted by atomic mass is 9.87. The highest BCUT2D eigenvalue weighted by atomic mass is 14.8. The van der Waals surface area contributed by atoms with E-state index in [1.165, 1.54) is 11.1 Å². The minimum absolute atomic E-state index is 0.190. The summed E-state index contributed by atoms with van der Waals surface area (Å²) in [5.41, 5.74) is 5.35. The summed E-state index contributed by atoms with van der Waals surface area (Å²) in [7, 11) is 0. The van der Waals surface area contributed by atoms with Crippen LogP contribution in [0.25, 0.3) is 0 Å². The van der Waals surface area contributed by atoms with Crippen LogP contribution in [0.2, 0.25) is 0 Å². The van der Waals surface area contributed by atoms with Crippen LogP contribution in [0.1, 0.15) is 63.8 Å². The highest BCUT2D eigenvalue weighted by Crippen LogP contribution is 2.22. The Morgan fingerprint density at radius 3 is 1.15 bits per heavy atom. The van der Waals surface area contributed by atoms with Crippen LogP contribution in [-0.2, 0) is 10.8 Å². The molecule has 26 heavy (non-hydrogen) atoms. The van der Waals surface area contributed by atoms with Crippen LogP contribution in [-0.4, -0.2) is 25.5 Å². The molecule has 138 valence electrons. The first-order valence-electron chi connectivity index (χ1n) is 9.37. The van der Waals surface area contributed by atoms with E-state index in [2.05, 4.69) is 100 Å². The lowest BCUT2D eigenvalue weighted by Gasteiger charge is -2.18. The fourth-order valence-corrected chi connectivity index (χ4v) is 2.59. The predicted octanol–water partition coefficient (Wildman–Crippen LogP) is 5.82. The second-order valence-electron chi connectivity index (χ2n) is 8.81. The Balaban J connectivity index is 1.81. The maximum Gasteiger partial charge on any atom is 0.0585 e. The number of aliphatic imine (C=N–C) groups is 2. The molecule has 2 heteroatoms. The smallest absolute Gasteiger partial charge is 0.0585 e. The van der Waals surface area contributed by atoms with Crippen LogP contribution in [0.3, 0.4) is 0 Å². The van der Waals surface area contributed by atoms with Crippen molar-refractivity contribution in [1.29, 1.82) is 0 Å². The highest BCUT2D eigenvalue weighted by Gasteiger charge is 2.13. The van der Waals surface area contributed by atoms with Gasteiger partial charge >= 0.3 is 0 Å². The maximum atomic E-state index is 4.47. The third kappa shape index (κ3) is 6.25. The van der Waals surface area contributed by atoms with Crippen molar-refractivity contribution in [3.8, 4) is 0 Å². The minimum atomic E-state index is 0.190. The van der Waals surface area contributed by atoms with Crippen LogP contribution in [0.4, 0.5) is 0 Å². The van der Waals surface area contributed by atoms with E-state index in [1.807, 2.05) is 12.4 Å². The van der Waals surface area contributed by atoms with Gasteiger partial charge in [0.15, 0.2) is 0 Å². The van der Waals surface area contributed by atoms with Crippen molar-refractivity contribution in [3.05, 3.63) is 70.8 Å². The number of hydrogen-bond donors (Lipinski definition) is 0. The van der Waals surface area contributed by atoms with Crippen molar-refractivity contribution < 1.29 is 0 Å². The zero-order valence-corrected chi connectivity index (χ0v) is 17.1. The lowest BCUT2D eigenvalue weighted by Crippen LogP contribution is -2.10. The fraction of sp³-hybridized carbons (Fsp3) is 0.417. The molecule has 0 fully saturated rings. The van der Waals surface area contributed by atoms with E-state index in [1.54, 1.807) is 0 Å². The molecule has 0 aliphatic rings. The Kier molecular flexibility index (Phi) is 6.52. The van der Waals surface area contributed by atoms with E-state index in [-0.39, 0.29) is 10.8 Å². The van der Waals surface area contributed by atoms with Gasteiger partial charge in [-0.2, -0.15) is 0 Å². The average Bonchev–Trinajstić information content (AvgIpc) is 2.57. The summed E-state index contributed by atoms with van der Waals surface area (Å²) in [4.78, 5) is 8.94. The zero-order chi connectivity index (χ0) is 19.2. The molecular formula is C24H32N2. The van der Waals surface area contributed by atoms with Gasteiger partial charge in [-0.25, -0.2) is 0 Å². The van der Waals surface area contributed by atoms with E-state index in [0.717, 1.165) is 11.1 Å². The molecule has 2 aromatic rings. The Labute approximate surface area is 159 Å². The average molecular weight is 349 g/mol. The van der Waals surface area contributed by atoms with Crippen LogP contribution in [0, 0.1) is 0 Å². The summed E-state index contributed by atoms with van der Waals surface area (Å²) in [5.74, 6) is 0. The van der Waals surface area contributed by atoms with Gasteiger partial charge in [0, 0.05) is 12.4 Å². The first-order valence-corrected chi connectivity index (χ1v) is 9.37. The van der Waals surface area contributed by atoms with Gasteiger partial charge in [-0.3, -0.25) is 9.98 Å². The molecule has 0 unspecified atom stereocenters. The van der Waals surface area contributed by atoms with E-state index in [9.17, 15) is 0 Å². The van der Waals surface area contributed by atoms with Crippen LogP contribution in [0.15, 0.2) is 58.5 Å². The van der Waals surface area contributed by atoms with Crippen molar-refractivity contribution in [3.63, 3.8) is 0 Å². The third-order valence-electron chi connectivity index (χ3n) is 4.39. The van der Waals surface area contributed by atoms with Gasteiger partial charge in [-0.1, -0.05) is 90.1 Å². The molecule has 0 heterocycles. The third-order valence-corrected chi connectivity index (χ3v) is 4.39. The summed E-state index contributed by atoms with van der Waals surface area (Å²) in [5, 5.41) is 0. The minimum Gasteiger partial charge on any atom is -0.291 e. The van der Waals surface area contributed by atoms with Crippen molar-refractivity contribution in [1.82, 2.24) is 0 Å². The van der Waals surface area contributed by atoms with Gasteiger partial charge in [0.05, 0.1) is 13.1 Å². The summed E-state index contributed by atoms with van der Waals surface area (Å²) >= 11 is 0. The lowest BCUT2D eigenvalue weighted by molar-refractivity contribution is 0.590. The first kappa shape index (κ1) is 20.1. The van der Waals surface area contributed by atoms with Gasteiger partial charge in [-0.15, -0.1) is 0 Å². The quantitative estimate of drug-likeness (QED) is 0.480. The van der Waals surface area contributed by atoms with E-state index >= 15 is 0 Å². The predicted molar refractivity (Wildman–Crippen MR) is 115 cm³/mol. The molecule has 0 amide bonds. The van der Waals surface area contributed by atoms with Crippen LogP contribution >= 0.6 is 0 Å². The van der Waals surface area contributed by atoms with Crippen molar-refractivity contribution in [2.45, 2.75) is 52.4 Å². The summed E-state index contributed by atoms with van der Waals surface area (Å²) in [6.45, 7) is 14.8. The summed E-state index contributed by atoms with van der Waals surface area (Å²) in [6, 6.07) is 17.2. The van der Waals surface area contributed by atoms with Gasteiger partial charge in [0.2, 0.25) is 0 Å². The molecule has 0 aliphatic heterocycles.